The summed E-state index contributed by atoms with van der Waals surface area (Å²) in [6, 6.07) is 2.50. The number of fused-ring (bicyclic) bond motifs is 1. The number of hydrogen-bond donors (Lipinski definition) is 1. The summed E-state index contributed by atoms with van der Waals surface area (Å²) in [6.45, 7) is 13.5. The monoisotopic (exact) mass is 357 g/mol. The minimum absolute atomic E-state index is 0.0499. The van der Waals surface area contributed by atoms with E-state index in [1.807, 2.05) is 17.7 Å². The molecule has 0 saturated carbocycles. The van der Waals surface area contributed by atoms with E-state index in [2.05, 4.69) is 48.0 Å². The van der Waals surface area contributed by atoms with E-state index in [4.69, 9.17) is 0 Å². The van der Waals surface area contributed by atoms with Crippen molar-refractivity contribution in [1.82, 2.24) is 25.0 Å². The molecular formula is C20H31N5O. The fourth-order valence-corrected chi connectivity index (χ4v) is 3.76. The zero-order valence-corrected chi connectivity index (χ0v) is 16.6. The first kappa shape index (κ1) is 18.8. The summed E-state index contributed by atoms with van der Waals surface area (Å²) in [5, 5.41) is 8.40. The van der Waals surface area contributed by atoms with Crippen LogP contribution in [0.1, 0.15) is 62.6 Å². The summed E-state index contributed by atoms with van der Waals surface area (Å²) in [5.41, 5.74) is 2.22. The van der Waals surface area contributed by atoms with Crippen LogP contribution in [-0.4, -0.2) is 51.2 Å². The van der Waals surface area contributed by atoms with E-state index < -0.39 is 0 Å². The molecular weight excluding hydrogens is 326 g/mol. The van der Waals surface area contributed by atoms with Gasteiger partial charge in [0.25, 0.3) is 5.91 Å². The van der Waals surface area contributed by atoms with E-state index in [1.165, 1.54) is 12.8 Å². The van der Waals surface area contributed by atoms with Crippen molar-refractivity contribution >= 4 is 16.9 Å². The zero-order chi connectivity index (χ0) is 18.8. The fourth-order valence-electron chi connectivity index (χ4n) is 3.76. The van der Waals surface area contributed by atoms with Gasteiger partial charge in [-0.2, -0.15) is 5.10 Å². The molecule has 1 fully saturated rings. The lowest BCUT2D eigenvalue weighted by Crippen LogP contribution is -2.46. The molecule has 0 aromatic carbocycles. The maximum Gasteiger partial charge on any atom is 0.253 e. The Morgan fingerprint density at radius 2 is 2.15 bits per heavy atom. The quantitative estimate of drug-likeness (QED) is 0.893. The number of amides is 1. The molecule has 3 rings (SSSR count). The van der Waals surface area contributed by atoms with Gasteiger partial charge in [-0.25, -0.2) is 9.67 Å². The van der Waals surface area contributed by atoms with E-state index in [0.29, 0.717) is 18.2 Å². The third kappa shape index (κ3) is 3.90. The Bertz CT molecular complexity index is 782. The van der Waals surface area contributed by atoms with E-state index >= 15 is 0 Å². The maximum atomic E-state index is 12.7. The molecule has 2 atom stereocenters. The van der Waals surface area contributed by atoms with Crippen molar-refractivity contribution in [3.8, 4) is 0 Å². The average Bonchev–Trinajstić information content (AvgIpc) is 3.01. The number of aromatic nitrogens is 3. The number of pyridine rings is 1. The number of aryl methyl sites for hydroxylation is 1. The fraction of sp³-hybridized carbons (Fsp3) is 0.650. The third-order valence-corrected chi connectivity index (χ3v) is 5.36. The molecule has 6 heteroatoms. The normalized spacial score (nSPS) is 19.8. The molecule has 6 nitrogen and oxygen atoms in total. The van der Waals surface area contributed by atoms with Gasteiger partial charge in [0.1, 0.15) is 0 Å². The standard InChI is InChI=1S/C20H31N5O/c1-13(2)25-19-17(11-22-25)9-18(16(5)23-19)20(26)21-10-15(4)24-8-6-7-14(3)12-24/h9,11,13-15H,6-8,10,12H2,1-5H3,(H,21,26)/t14-,15+/m0/s1. The average molecular weight is 358 g/mol. The van der Waals surface area contributed by atoms with E-state index in [0.717, 1.165) is 35.7 Å². The molecule has 0 bridgehead atoms. The van der Waals surface area contributed by atoms with Crippen LogP contribution in [0.4, 0.5) is 0 Å². The van der Waals surface area contributed by atoms with Gasteiger partial charge in [0.15, 0.2) is 5.65 Å². The van der Waals surface area contributed by atoms with Gasteiger partial charge in [0.05, 0.1) is 17.5 Å². The second kappa shape index (κ2) is 7.74. The second-order valence-electron chi connectivity index (χ2n) is 8.02. The number of nitrogens with zero attached hydrogens (tertiary/aromatic N) is 4. The highest BCUT2D eigenvalue weighted by molar-refractivity contribution is 5.98. The number of hydrogen-bond acceptors (Lipinski definition) is 4. The van der Waals surface area contributed by atoms with Crippen LogP contribution in [0.5, 0.6) is 0 Å². The number of nitrogens with one attached hydrogen (secondary N) is 1. The highest BCUT2D eigenvalue weighted by Gasteiger charge is 2.22. The van der Waals surface area contributed by atoms with Crippen LogP contribution >= 0.6 is 0 Å². The van der Waals surface area contributed by atoms with Crippen molar-refractivity contribution in [2.24, 2.45) is 5.92 Å². The van der Waals surface area contributed by atoms with Gasteiger partial charge in [-0.3, -0.25) is 9.69 Å². The molecule has 0 spiro atoms. The Kier molecular flexibility index (Phi) is 5.61. The summed E-state index contributed by atoms with van der Waals surface area (Å²) in [7, 11) is 0. The van der Waals surface area contributed by atoms with Crippen molar-refractivity contribution in [1.29, 1.82) is 0 Å². The molecule has 2 aromatic rings. The largest absolute Gasteiger partial charge is 0.350 e. The summed E-state index contributed by atoms with van der Waals surface area (Å²) < 4.78 is 1.89. The third-order valence-electron chi connectivity index (χ3n) is 5.36. The molecule has 1 aliphatic rings. The number of carbonyl (C=O) groups is 1. The molecule has 2 aromatic heterocycles. The summed E-state index contributed by atoms with van der Waals surface area (Å²) >= 11 is 0. The Balaban J connectivity index is 1.68. The van der Waals surface area contributed by atoms with Crippen LogP contribution in [0.15, 0.2) is 12.3 Å². The van der Waals surface area contributed by atoms with Crippen LogP contribution in [0.3, 0.4) is 0 Å². The number of piperidine rings is 1. The molecule has 1 amide bonds. The minimum atomic E-state index is -0.0499. The van der Waals surface area contributed by atoms with Crippen LogP contribution in [0.25, 0.3) is 11.0 Å². The lowest BCUT2D eigenvalue weighted by molar-refractivity contribution is 0.0916. The molecule has 3 heterocycles. The molecule has 26 heavy (non-hydrogen) atoms. The SMILES string of the molecule is Cc1nc2c(cnn2C(C)C)cc1C(=O)NC[C@@H](C)N1CCC[C@H](C)C1. The molecule has 1 aliphatic heterocycles. The van der Waals surface area contributed by atoms with Gasteiger partial charge in [-0.05, 0) is 59.1 Å². The summed E-state index contributed by atoms with van der Waals surface area (Å²) in [5.74, 6) is 0.694. The minimum Gasteiger partial charge on any atom is -0.350 e. The van der Waals surface area contributed by atoms with Crippen molar-refractivity contribution in [3.05, 3.63) is 23.5 Å². The van der Waals surface area contributed by atoms with Gasteiger partial charge in [-0.1, -0.05) is 6.92 Å². The molecule has 0 radical (unpaired) electrons. The van der Waals surface area contributed by atoms with Crippen molar-refractivity contribution in [2.75, 3.05) is 19.6 Å². The molecule has 142 valence electrons. The van der Waals surface area contributed by atoms with Crippen LogP contribution in [-0.2, 0) is 0 Å². The maximum absolute atomic E-state index is 12.7. The predicted octanol–water partition coefficient (Wildman–Crippen LogP) is 3.17. The Morgan fingerprint density at radius 1 is 1.38 bits per heavy atom. The summed E-state index contributed by atoms with van der Waals surface area (Å²) in [6.07, 6.45) is 4.35. The van der Waals surface area contributed by atoms with E-state index in [-0.39, 0.29) is 11.9 Å². The van der Waals surface area contributed by atoms with Crippen molar-refractivity contribution in [3.63, 3.8) is 0 Å². The first-order valence-corrected chi connectivity index (χ1v) is 9.74. The Labute approximate surface area is 156 Å². The van der Waals surface area contributed by atoms with Crippen LogP contribution < -0.4 is 5.32 Å². The molecule has 1 N–H and O–H groups in total. The first-order valence-electron chi connectivity index (χ1n) is 9.74. The highest BCUT2D eigenvalue weighted by atomic mass is 16.1. The van der Waals surface area contributed by atoms with Crippen molar-refractivity contribution in [2.45, 2.75) is 59.5 Å². The van der Waals surface area contributed by atoms with Gasteiger partial charge in [0, 0.05) is 30.6 Å². The van der Waals surface area contributed by atoms with Gasteiger partial charge < -0.3 is 5.32 Å². The van der Waals surface area contributed by atoms with Gasteiger partial charge >= 0.3 is 0 Å². The number of rotatable bonds is 5. The van der Waals surface area contributed by atoms with Crippen LogP contribution in [0, 0.1) is 12.8 Å². The topological polar surface area (TPSA) is 63.1 Å². The summed E-state index contributed by atoms with van der Waals surface area (Å²) in [4.78, 5) is 19.8. The lowest BCUT2D eigenvalue weighted by atomic mass is 9.99. The smallest absolute Gasteiger partial charge is 0.253 e. The van der Waals surface area contributed by atoms with Gasteiger partial charge in [0.2, 0.25) is 0 Å². The second-order valence-corrected chi connectivity index (χ2v) is 8.02. The van der Waals surface area contributed by atoms with Crippen LogP contribution in [0.2, 0.25) is 0 Å². The van der Waals surface area contributed by atoms with E-state index in [1.54, 1.807) is 6.20 Å². The highest BCUT2D eigenvalue weighted by Crippen LogP contribution is 2.20. The first-order chi connectivity index (χ1) is 12.4. The van der Waals surface area contributed by atoms with Gasteiger partial charge in [-0.15, -0.1) is 0 Å². The molecule has 1 saturated heterocycles. The Hall–Kier alpha value is -1.95. The lowest BCUT2D eigenvalue weighted by Gasteiger charge is -2.35. The predicted molar refractivity (Wildman–Crippen MR) is 104 cm³/mol. The Morgan fingerprint density at radius 3 is 2.85 bits per heavy atom. The number of carbonyl (C=O) groups excluding carboxylic acids is 1. The molecule has 0 unspecified atom stereocenters. The van der Waals surface area contributed by atoms with Crippen molar-refractivity contribution < 1.29 is 4.79 Å². The molecule has 0 aliphatic carbocycles. The zero-order valence-electron chi connectivity index (χ0n) is 16.6. The number of likely N-dealkylation sites (tertiary alicyclic amines) is 1. The van der Waals surface area contributed by atoms with E-state index in [9.17, 15) is 4.79 Å².